The Morgan fingerprint density at radius 2 is 1.33 bits per heavy atom. The number of esters is 1. The summed E-state index contributed by atoms with van der Waals surface area (Å²) in [7, 11) is -0.271. The zero-order valence-electron chi connectivity index (χ0n) is 21.0. The number of halogens is 1. The molecule has 36 heavy (non-hydrogen) atoms. The molecule has 0 aliphatic heterocycles. The van der Waals surface area contributed by atoms with Gasteiger partial charge in [0.1, 0.15) is 17.2 Å². The summed E-state index contributed by atoms with van der Waals surface area (Å²) in [5, 5.41) is 0. The number of ether oxygens (including phenoxy) is 2. The molecule has 3 nitrogen and oxygen atoms in total. The molecule has 0 saturated heterocycles. The van der Waals surface area contributed by atoms with E-state index in [-0.39, 0.29) is 23.3 Å². The summed E-state index contributed by atoms with van der Waals surface area (Å²) in [6, 6.07) is 31.3. The maximum Gasteiger partial charge on any atom is 0.345 e. The van der Waals surface area contributed by atoms with Crippen molar-refractivity contribution >= 4 is 16.9 Å². The van der Waals surface area contributed by atoms with Gasteiger partial charge in [0.05, 0.1) is 10.9 Å². The van der Waals surface area contributed by atoms with Gasteiger partial charge < -0.3 is 9.47 Å². The van der Waals surface area contributed by atoms with Gasteiger partial charge >= 0.3 is 5.97 Å². The number of hydrogen-bond acceptors (Lipinski definition) is 3. The molecule has 0 bridgehead atoms. The fourth-order valence-electron chi connectivity index (χ4n) is 4.14. The van der Waals surface area contributed by atoms with Gasteiger partial charge in [0, 0.05) is 12.1 Å². The summed E-state index contributed by atoms with van der Waals surface area (Å²) in [6.07, 6.45) is 0. The average Bonchev–Trinajstić information content (AvgIpc) is 2.85. The van der Waals surface area contributed by atoms with Crippen LogP contribution >= 0.6 is 0 Å². The van der Waals surface area contributed by atoms with Crippen molar-refractivity contribution in [1.82, 2.24) is 0 Å². The Balaban J connectivity index is 1.53. The first kappa shape index (κ1) is 25.5. The van der Waals surface area contributed by atoms with E-state index in [1.807, 2.05) is 26.0 Å². The summed E-state index contributed by atoms with van der Waals surface area (Å²) < 4.78 is 25.2. The number of benzene rings is 4. The fourth-order valence-corrected chi connectivity index (χ4v) is 6.41. The molecule has 0 atom stereocenters. The maximum atomic E-state index is 13.6. The molecule has 0 aliphatic rings. The SMILES string of the molecule is Cc1cc([S+](c2ccccc2)c2ccccc2)cc(C)c1OCC(=O)OC(C)(C)c1cccc(F)c1. The minimum absolute atomic E-state index is 0.233. The molecule has 0 N–H and O–H groups in total. The summed E-state index contributed by atoms with van der Waals surface area (Å²) in [4.78, 5) is 16.3. The zero-order chi connectivity index (χ0) is 25.7. The van der Waals surface area contributed by atoms with E-state index in [4.69, 9.17) is 9.47 Å². The highest BCUT2D eigenvalue weighted by atomic mass is 32.2. The Hall–Kier alpha value is -3.57. The van der Waals surface area contributed by atoms with Crippen molar-refractivity contribution in [1.29, 1.82) is 0 Å². The summed E-state index contributed by atoms with van der Waals surface area (Å²) in [6.45, 7) is 7.22. The number of carbonyl (C=O) groups is 1. The van der Waals surface area contributed by atoms with Gasteiger partial charge in [-0.1, -0.05) is 48.5 Å². The van der Waals surface area contributed by atoms with Crippen LogP contribution in [0.4, 0.5) is 4.39 Å². The largest absolute Gasteiger partial charge is 0.481 e. The van der Waals surface area contributed by atoms with Crippen LogP contribution in [0.2, 0.25) is 0 Å². The molecule has 0 radical (unpaired) electrons. The van der Waals surface area contributed by atoms with E-state index in [1.165, 1.54) is 26.8 Å². The smallest absolute Gasteiger partial charge is 0.345 e. The van der Waals surface area contributed by atoms with Crippen molar-refractivity contribution in [2.45, 2.75) is 48.0 Å². The maximum absolute atomic E-state index is 13.6. The summed E-state index contributed by atoms with van der Waals surface area (Å²) in [5.41, 5.74) is 1.51. The second kappa shape index (κ2) is 11.0. The molecule has 0 unspecified atom stereocenters. The van der Waals surface area contributed by atoms with Gasteiger partial charge in [-0.05, 0) is 80.8 Å². The third-order valence-corrected chi connectivity index (χ3v) is 8.04. The van der Waals surface area contributed by atoms with Gasteiger partial charge in [0.25, 0.3) is 0 Å². The van der Waals surface area contributed by atoms with Crippen LogP contribution in [0.5, 0.6) is 5.75 Å². The lowest BCUT2D eigenvalue weighted by atomic mass is 9.98. The van der Waals surface area contributed by atoms with E-state index in [9.17, 15) is 9.18 Å². The molecule has 5 heteroatoms. The van der Waals surface area contributed by atoms with E-state index < -0.39 is 11.6 Å². The molecule has 0 fully saturated rings. The molecule has 0 aliphatic carbocycles. The predicted molar refractivity (Wildman–Crippen MR) is 142 cm³/mol. The molecule has 4 aromatic rings. The standard InChI is InChI=1S/C31H30FO3S/c1-22-18-28(36(26-14-7-5-8-15-26)27-16-9-6-10-17-27)19-23(2)30(22)34-21-29(33)35-31(3,4)24-12-11-13-25(32)20-24/h5-20H,21H2,1-4H3/q+1. The van der Waals surface area contributed by atoms with Crippen molar-refractivity contribution in [3.8, 4) is 5.75 Å². The third-order valence-electron chi connectivity index (χ3n) is 5.85. The van der Waals surface area contributed by atoms with Crippen LogP contribution in [0.15, 0.2) is 112 Å². The molecule has 4 aromatic carbocycles. The molecule has 184 valence electrons. The normalized spacial score (nSPS) is 11.4. The lowest BCUT2D eigenvalue weighted by Gasteiger charge is -2.26. The van der Waals surface area contributed by atoms with Crippen molar-refractivity contribution in [2.75, 3.05) is 6.61 Å². The van der Waals surface area contributed by atoms with Gasteiger partial charge in [-0.15, -0.1) is 0 Å². The van der Waals surface area contributed by atoms with E-state index in [0.717, 1.165) is 11.1 Å². The van der Waals surface area contributed by atoms with Crippen LogP contribution in [-0.2, 0) is 26.0 Å². The van der Waals surface area contributed by atoms with Gasteiger partial charge in [-0.3, -0.25) is 0 Å². The highest BCUT2D eigenvalue weighted by Gasteiger charge is 2.30. The second-order valence-electron chi connectivity index (χ2n) is 9.10. The van der Waals surface area contributed by atoms with Gasteiger partial charge in [0.2, 0.25) is 0 Å². The molecule has 0 amide bonds. The molecule has 0 spiro atoms. The highest BCUT2D eigenvalue weighted by Crippen LogP contribution is 2.35. The lowest BCUT2D eigenvalue weighted by Crippen LogP contribution is -2.28. The van der Waals surface area contributed by atoms with E-state index >= 15 is 0 Å². The Morgan fingerprint density at radius 3 is 1.86 bits per heavy atom. The first-order valence-electron chi connectivity index (χ1n) is 11.8. The van der Waals surface area contributed by atoms with E-state index in [0.29, 0.717) is 11.3 Å². The molecule has 4 rings (SSSR count). The molecular formula is C31H30FO3S+. The number of rotatable bonds is 8. The molecule has 0 saturated carbocycles. The second-order valence-corrected chi connectivity index (χ2v) is 11.1. The van der Waals surface area contributed by atoms with Crippen LogP contribution in [-0.4, -0.2) is 12.6 Å². The first-order chi connectivity index (χ1) is 17.2. The zero-order valence-corrected chi connectivity index (χ0v) is 21.8. The van der Waals surface area contributed by atoms with Crippen LogP contribution in [0.1, 0.15) is 30.5 Å². The Labute approximate surface area is 215 Å². The topological polar surface area (TPSA) is 35.5 Å². The minimum Gasteiger partial charge on any atom is -0.481 e. The predicted octanol–water partition coefficient (Wildman–Crippen LogP) is 7.40. The Morgan fingerprint density at radius 1 is 0.778 bits per heavy atom. The summed E-state index contributed by atoms with van der Waals surface area (Å²) >= 11 is 0. The fraction of sp³-hybridized carbons (Fsp3) is 0.194. The van der Waals surface area contributed by atoms with Crippen molar-refractivity contribution in [3.63, 3.8) is 0 Å². The van der Waals surface area contributed by atoms with E-state index in [1.54, 1.807) is 26.0 Å². The average molecular weight is 502 g/mol. The highest BCUT2D eigenvalue weighted by molar-refractivity contribution is 7.97. The van der Waals surface area contributed by atoms with Crippen molar-refractivity contribution in [2.24, 2.45) is 0 Å². The van der Waals surface area contributed by atoms with Gasteiger partial charge in [-0.2, -0.15) is 0 Å². The Kier molecular flexibility index (Phi) is 7.80. The Bertz CT molecular complexity index is 1270. The van der Waals surface area contributed by atoms with Crippen LogP contribution in [0.3, 0.4) is 0 Å². The van der Waals surface area contributed by atoms with Gasteiger partial charge in [0.15, 0.2) is 21.3 Å². The molecule has 0 heterocycles. The van der Waals surface area contributed by atoms with E-state index in [2.05, 4.69) is 60.7 Å². The van der Waals surface area contributed by atoms with Crippen LogP contribution in [0, 0.1) is 19.7 Å². The third kappa shape index (κ3) is 5.97. The molecular weight excluding hydrogens is 471 g/mol. The van der Waals surface area contributed by atoms with Crippen molar-refractivity contribution < 1.29 is 18.7 Å². The number of aryl methyl sites for hydroxylation is 2. The van der Waals surface area contributed by atoms with Crippen LogP contribution < -0.4 is 4.74 Å². The van der Waals surface area contributed by atoms with Crippen LogP contribution in [0.25, 0.3) is 0 Å². The summed E-state index contributed by atoms with van der Waals surface area (Å²) in [5.74, 6) is -0.214. The monoisotopic (exact) mass is 501 g/mol. The quantitative estimate of drug-likeness (QED) is 0.186. The minimum atomic E-state index is -0.976. The van der Waals surface area contributed by atoms with Crippen molar-refractivity contribution in [3.05, 3.63) is 120 Å². The number of carbonyl (C=O) groups excluding carboxylic acids is 1. The van der Waals surface area contributed by atoms with Gasteiger partial charge in [-0.25, -0.2) is 9.18 Å². The first-order valence-corrected chi connectivity index (χ1v) is 13.0. The lowest BCUT2D eigenvalue weighted by molar-refractivity contribution is -0.159. The number of hydrogen-bond donors (Lipinski definition) is 0. The molecule has 0 aromatic heterocycles.